The number of para-hydroxylation sites is 1. The summed E-state index contributed by atoms with van der Waals surface area (Å²) in [6.45, 7) is 1.80. The Hall–Kier alpha value is -3.47. The van der Waals surface area contributed by atoms with E-state index in [-0.39, 0.29) is 5.78 Å². The number of hydrogen-bond donors (Lipinski definition) is 1. The molecule has 4 rings (SSSR count). The first-order valence-electron chi connectivity index (χ1n) is 7.96. The van der Waals surface area contributed by atoms with Crippen LogP contribution in [0.3, 0.4) is 0 Å². The van der Waals surface area contributed by atoms with E-state index in [2.05, 4.69) is 10.1 Å². The molecule has 4 aromatic rings. The number of anilines is 1. The maximum atomic E-state index is 12.9. The zero-order valence-corrected chi connectivity index (χ0v) is 13.7. The number of carbonyl (C=O) groups excluding carboxylic acids is 1. The summed E-state index contributed by atoms with van der Waals surface area (Å²) in [5.41, 5.74) is 9.91. The highest BCUT2D eigenvalue weighted by Crippen LogP contribution is 2.28. The van der Waals surface area contributed by atoms with Crippen molar-refractivity contribution in [3.8, 4) is 5.69 Å². The highest BCUT2D eigenvalue weighted by molar-refractivity contribution is 6.16. The third kappa shape index (κ3) is 2.46. The summed E-state index contributed by atoms with van der Waals surface area (Å²) in [5, 5.41) is 5.08. The Balaban J connectivity index is 1.91. The first-order valence-corrected chi connectivity index (χ1v) is 7.96. The lowest BCUT2D eigenvalue weighted by Gasteiger charge is -2.10. The fraction of sp³-hybridized carbons (Fsp3) is 0.0500. The van der Waals surface area contributed by atoms with Crippen molar-refractivity contribution >= 4 is 22.5 Å². The van der Waals surface area contributed by atoms with Crippen molar-refractivity contribution in [3.63, 3.8) is 0 Å². The third-order valence-electron chi connectivity index (χ3n) is 4.20. The number of hydrogen-bond acceptors (Lipinski definition) is 4. The van der Waals surface area contributed by atoms with Crippen molar-refractivity contribution < 1.29 is 4.79 Å². The van der Waals surface area contributed by atoms with Gasteiger partial charge in [-0.15, -0.1) is 0 Å². The number of ketones is 1. The molecule has 2 N–H and O–H groups in total. The third-order valence-corrected chi connectivity index (χ3v) is 4.20. The summed E-state index contributed by atoms with van der Waals surface area (Å²) in [6.07, 6.45) is 1.66. The van der Waals surface area contributed by atoms with Crippen molar-refractivity contribution in [1.29, 1.82) is 0 Å². The highest BCUT2D eigenvalue weighted by Gasteiger charge is 2.21. The van der Waals surface area contributed by atoms with Crippen LogP contribution in [0.15, 0.2) is 66.9 Å². The Morgan fingerprint density at radius 1 is 1.00 bits per heavy atom. The molecule has 0 aliphatic rings. The lowest BCUT2D eigenvalue weighted by atomic mass is 9.99. The Kier molecular flexibility index (Phi) is 3.54. The number of aryl methyl sites for hydroxylation is 1. The zero-order valence-electron chi connectivity index (χ0n) is 13.7. The number of aromatic nitrogens is 3. The van der Waals surface area contributed by atoms with Gasteiger partial charge in [0, 0.05) is 5.56 Å². The highest BCUT2D eigenvalue weighted by atomic mass is 16.1. The van der Waals surface area contributed by atoms with Gasteiger partial charge in [-0.25, -0.2) is 9.67 Å². The molecular weight excluding hydrogens is 312 g/mol. The van der Waals surface area contributed by atoms with E-state index >= 15 is 0 Å². The van der Waals surface area contributed by atoms with Crippen LogP contribution in [0.2, 0.25) is 0 Å². The lowest BCUT2D eigenvalue weighted by Crippen LogP contribution is -2.10. The number of carbonyl (C=O) groups is 1. The number of fused-ring (bicyclic) bond motifs is 1. The summed E-state index contributed by atoms with van der Waals surface area (Å²) in [7, 11) is 0. The van der Waals surface area contributed by atoms with Gasteiger partial charge >= 0.3 is 0 Å². The van der Waals surface area contributed by atoms with Gasteiger partial charge in [-0.3, -0.25) is 4.79 Å². The molecule has 0 spiro atoms. The summed E-state index contributed by atoms with van der Waals surface area (Å²) in [5.74, 6) is -0.127. The maximum Gasteiger partial charge on any atom is 0.196 e. The molecule has 0 aliphatic carbocycles. The van der Waals surface area contributed by atoms with E-state index in [9.17, 15) is 4.79 Å². The second-order valence-electron chi connectivity index (χ2n) is 5.81. The fourth-order valence-corrected chi connectivity index (χ4v) is 2.96. The fourth-order valence-electron chi connectivity index (χ4n) is 2.96. The molecule has 122 valence electrons. The quantitative estimate of drug-likeness (QED) is 0.584. The summed E-state index contributed by atoms with van der Waals surface area (Å²) >= 11 is 0. The number of nitrogens with two attached hydrogens (primary N) is 1. The van der Waals surface area contributed by atoms with Crippen LogP contribution in [0.1, 0.15) is 21.6 Å². The molecule has 2 aromatic carbocycles. The van der Waals surface area contributed by atoms with E-state index in [0.717, 1.165) is 5.69 Å². The Morgan fingerprint density at radius 2 is 1.64 bits per heavy atom. The van der Waals surface area contributed by atoms with Crippen molar-refractivity contribution in [2.45, 2.75) is 6.92 Å². The van der Waals surface area contributed by atoms with Gasteiger partial charge in [0.2, 0.25) is 0 Å². The molecule has 0 fully saturated rings. The van der Waals surface area contributed by atoms with Crippen molar-refractivity contribution in [1.82, 2.24) is 14.8 Å². The number of rotatable bonds is 3. The summed E-state index contributed by atoms with van der Waals surface area (Å²) in [4.78, 5) is 17.5. The second-order valence-corrected chi connectivity index (χ2v) is 5.81. The van der Waals surface area contributed by atoms with Crippen molar-refractivity contribution in [2.24, 2.45) is 0 Å². The molecule has 0 aliphatic heterocycles. The molecule has 25 heavy (non-hydrogen) atoms. The monoisotopic (exact) mass is 328 g/mol. The minimum absolute atomic E-state index is 0.127. The normalized spacial score (nSPS) is 10.9. The Labute approximate surface area is 144 Å². The van der Waals surface area contributed by atoms with Crippen LogP contribution in [-0.4, -0.2) is 20.5 Å². The molecule has 5 nitrogen and oxygen atoms in total. The number of pyridine rings is 1. The van der Waals surface area contributed by atoms with Crippen molar-refractivity contribution in [3.05, 3.63) is 83.7 Å². The minimum atomic E-state index is -0.127. The molecule has 5 heteroatoms. The van der Waals surface area contributed by atoms with Crippen LogP contribution in [0.5, 0.6) is 0 Å². The SMILES string of the molecule is Cc1nc2c(cnn2-c2ccccc2)c(N)c1C(=O)c1ccccc1. The molecule has 0 radical (unpaired) electrons. The van der Waals surface area contributed by atoms with Crippen LogP contribution in [0, 0.1) is 6.92 Å². The van der Waals surface area contributed by atoms with Gasteiger partial charge in [-0.1, -0.05) is 48.5 Å². The van der Waals surface area contributed by atoms with E-state index in [1.807, 2.05) is 48.5 Å². The molecule has 2 heterocycles. The Morgan fingerprint density at radius 3 is 2.32 bits per heavy atom. The predicted octanol–water partition coefficient (Wildman–Crippen LogP) is 3.54. The minimum Gasteiger partial charge on any atom is -0.397 e. The Bertz CT molecular complexity index is 1070. The van der Waals surface area contributed by atoms with E-state index in [0.29, 0.717) is 33.5 Å². The standard InChI is InChI=1S/C20H16N4O/c1-13-17(19(25)14-8-4-2-5-9-14)18(21)16-12-22-24(20(16)23-13)15-10-6-3-7-11-15/h2-12H,1H3,(H2,21,23). The van der Waals surface area contributed by atoms with E-state index in [1.165, 1.54) is 0 Å². The smallest absolute Gasteiger partial charge is 0.196 e. The van der Waals surface area contributed by atoms with Crippen molar-refractivity contribution in [2.75, 3.05) is 5.73 Å². The molecular formula is C20H16N4O. The molecule has 2 aromatic heterocycles. The molecule has 0 atom stereocenters. The molecule has 0 saturated carbocycles. The molecule has 0 amide bonds. The summed E-state index contributed by atoms with van der Waals surface area (Å²) in [6, 6.07) is 18.8. The molecule has 0 unspecified atom stereocenters. The average molecular weight is 328 g/mol. The van der Waals surface area contributed by atoms with Crippen LogP contribution in [-0.2, 0) is 0 Å². The number of nitrogen functional groups attached to an aromatic ring is 1. The lowest BCUT2D eigenvalue weighted by molar-refractivity contribution is 0.103. The van der Waals surface area contributed by atoms with E-state index < -0.39 is 0 Å². The maximum absolute atomic E-state index is 12.9. The first kappa shape index (κ1) is 15.1. The van der Waals surface area contributed by atoms with E-state index in [1.54, 1.807) is 29.9 Å². The molecule has 0 bridgehead atoms. The topological polar surface area (TPSA) is 73.8 Å². The zero-order chi connectivity index (χ0) is 17.4. The molecule has 0 saturated heterocycles. The van der Waals surface area contributed by atoms with Gasteiger partial charge in [0.1, 0.15) is 0 Å². The van der Waals surface area contributed by atoms with Gasteiger partial charge in [0.05, 0.1) is 34.2 Å². The second kappa shape index (κ2) is 5.87. The van der Waals surface area contributed by atoms with Gasteiger partial charge in [0.25, 0.3) is 0 Å². The van der Waals surface area contributed by atoms with Crippen LogP contribution in [0.25, 0.3) is 16.7 Å². The van der Waals surface area contributed by atoms with Gasteiger partial charge in [-0.05, 0) is 19.1 Å². The van der Waals surface area contributed by atoms with Crippen LogP contribution < -0.4 is 5.73 Å². The largest absolute Gasteiger partial charge is 0.397 e. The summed E-state index contributed by atoms with van der Waals surface area (Å²) < 4.78 is 1.73. The van der Waals surface area contributed by atoms with E-state index in [4.69, 9.17) is 5.73 Å². The van der Waals surface area contributed by atoms with Crippen LogP contribution >= 0.6 is 0 Å². The number of benzene rings is 2. The number of nitrogens with zero attached hydrogens (tertiary/aromatic N) is 3. The van der Waals surface area contributed by atoms with Gasteiger partial charge in [-0.2, -0.15) is 5.10 Å². The average Bonchev–Trinajstić information content (AvgIpc) is 3.07. The first-order chi connectivity index (χ1) is 12.2. The van der Waals surface area contributed by atoms with Gasteiger partial charge < -0.3 is 5.73 Å². The predicted molar refractivity (Wildman–Crippen MR) is 97.9 cm³/mol. The van der Waals surface area contributed by atoms with Crippen LogP contribution in [0.4, 0.5) is 5.69 Å². The van der Waals surface area contributed by atoms with Gasteiger partial charge in [0.15, 0.2) is 11.4 Å².